The van der Waals surface area contributed by atoms with Gasteiger partial charge in [0.05, 0.1) is 0 Å². The predicted molar refractivity (Wildman–Crippen MR) is 65.4 cm³/mol. The highest BCUT2D eigenvalue weighted by Crippen LogP contribution is 2.00. The summed E-state index contributed by atoms with van der Waals surface area (Å²) in [6.07, 6.45) is 7.35. The summed E-state index contributed by atoms with van der Waals surface area (Å²) in [4.78, 5) is 0. The topological polar surface area (TPSA) is 12.0 Å². The summed E-state index contributed by atoms with van der Waals surface area (Å²) in [5.41, 5.74) is 1.04. The molecule has 0 spiro atoms. The maximum atomic E-state index is 3.90. The summed E-state index contributed by atoms with van der Waals surface area (Å²) in [5, 5.41) is 3.35. The molecule has 1 nitrogen and oxygen atoms in total. The molecule has 0 radical (unpaired) electrons. The Kier molecular flexibility index (Phi) is 7.13. The second-order valence-corrected chi connectivity index (χ2v) is 4.01. The standard InChI is InChI=1S/C13H23N/c1-6-12(4)13(5)14-10-8-7-9-11(2)3/h6-8,11,13-14H,1,4,9-10H2,2-3,5H3/b8-7-. The smallest absolute Gasteiger partial charge is 0.0288 e. The average Bonchev–Trinajstić information content (AvgIpc) is 2.15. The molecule has 1 N–H and O–H groups in total. The average molecular weight is 193 g/mol. The first-order chi connectivity index (χ1) is 6.57. The van der Waals surface area contributed by atoms with Crippen molar-refractivity contribution in [2.45, 2.75) is 33.2 Å². The van der Waals surface area contributed by atoms with Crippen LogP contribution in [0.15, 0.2) is 37.0 Å². The lowest BCUT2D eigenvalue weighted by Gasteiger charge is -2.11. The van der Waals surface area contributed by atoms with Crippen molar-refractivity contribution in [1.82, 2.24) is 5.32 Å². The molecule has 0 aliphatic heterocycles. The molecule has 0 rings (SSSR count). The number of hydrogen-bond acceptors (Lipinski definition) is 1. The van der Waals surface area contributed by atoms with Crippen LogP contribution in [-0.2, 0) is 0 Å². The van der Waals surface area contributed by atoms with Gasteiger partial charge < -0.3 is 5.32 Å². The molecule has 0 amide bonds. The number of nitrogens with one attached hydrogen (secondary N) is 1. The molecule has 0 aromatic heterocycles. The van der Waals surface area contributed by atoms with E-state index < -0.39 is 0 Å². The largest absolute Gasteiger partial charge is 0.307 e. The SMILES string of the molecule is C=CC(=C)C(C)NC/C=C\CC(C)C. The summed E-state index contributed by atoms with van der Waals surface area (Å²) in [6, 6.07) is 0.316. The minimum absolute atomic E-state index is 0.316. The van der Waals surface area contributed by atoms with E-state index in [1.165, 1.54) is 0 Å². The molecule has 0 fully saturated rings. The predicted octanol–water partition coefficient (Wildman–Crippen LogP) is 3.31. The van der Waals surface area contributed by atoms with Gasteiger partial charge in [-0.15, -0.1) is 0 Å². The molecule has 0 saturated heterocycles. The first-order valence-corrected chi connectivity index (χ1v) is 5.27. The van der Waals surface area contributed by atoms with Crippen LogP contribution in [0.25, 0.3) is 0 Å². The monoisotopic (exact) mass is 193 g/mol. The first-order valence-electron chi connectivity index (χ1n) is 5.27. The van der Waals surface area contributed by atoms with E-state index in [2.05, 4.69) is 51.4 Å². The third kappa shape index (κ3) is 6.67. The highest BCUT2D eigenvalue weighted by molar-refractivity contribution is 5.17. The Balaban J connectivity index is 3.58. The van der Waals surface area contributed by atoms with Crippen LogP contribution in [0.1, 0.15) is 27.2 Å². The van der Waals surface area contributed by atoms with Gasteiger partial charge in [-0.3, -0.25) is 0 Å². The van der Waals surface area contributed by atoms with Crippen LogP contribution < -0.4 is 5.32 Å². The number of hydrogen-bond donors (Lipinski definition) is 1. The molecule has 1 unspecified atom stereocenters. The van der Waals surface area contributed by atoms with Gasteiger partial charge in [0.1, 0.15) is 0 Å². The molecular formula is C13H23N. The molecule has 14 heavy (non-hydrogen) atoms. The zero-order valence-corrected chi connectivity index (χ0v) is 9.72. The van der Waals surface area contributed by atoms with Crippen molar-refractivity contribution in [3.05, 3.63) is 37.0 Å². The maximum Gasteiger partial charge on any atom is 0.0288 e. The summed E-state index contributed by atoms with van der Waals surface area (Å²) >= 11 is 0. The maximum absolute atomic E-state index is 3.90. The highest BCUT2D eigenvalue weighted by atomic mass is 14.9. The quantitative estimate of drug-likeness (QED) is 0.483. The van der Waals surface area contributed by atoms with Crippen molar-refractivity contribution < 1.29 is 0 Å². The van der Waals surface area contributed by atoms with E-state index in [-0.39, 0.29) is 0 Å². The van der Waals surface area contributed by atoms with E-state index in [1.807, 2.05) is 0 Å². The molecule has 80 valence electrons. The zero-order valence-electron chi connectivity index (χ0n) is 9.72. The Morgan fingerprint density at radius 2 is 1.93 bits per heavy atom. The zero-order chi connectivity index (χ0) is 11.0. The molecule has 0 aliphatic carbocycles. The normalized spacial score (nSPS) is 13.4. The molecule has 1 heteroatoms. The lowest BCUT2D eigenvalue weighted by Crippen LogP contribution is -2.26. The van der Waals surface area contributed by atoms with Gasteiger partial charge in [0.25, 0.3) is 0 Å². The number of allylic oxidation sites excluding steroid dienone is 1. The second kappa shape index (κ2) is 7.57. The van der Waals surface area contributed by atoms with Gasteiger partial charge in [-0.25, -0.2) is 0 Å². The van der Waals surface area contributed by atoms with Crippen LogP contribution >= 0.6 is 0 Å². The van der Waals surface area contributed by atoms with Crippen LogP contribution in [0.2, 0.25) is 0 Å². The summed E-state index contributed by atoms with van der Waals surface area (Å²) in [5.74, 6) is 0.742. The van der Waals surface area contributed by atoms with Gasteiger partial charge in [0.2, 0.25) is 0 Å². The third-order valence-electron chi connectivity index (χ3n) is 2.13. The van der Waals surface area contributed by atoms with E-state index >= 15 is 0 Å². The van der Waals surface area contributed by atoms with Crippen molar-refractivity contribution in [3.63, 3.8) is 0 Å². The number of rotatable bonds is 7. The fraction of sp³-hybridized carbons (Fsp3) is 0.538. The Bertz CT molecular complexity index is 201. The minimum atomic E-state index is 0.316. The van der Waals surface area contributed by atoms with Crippen LogP contribution in [-0.4, -0.2) is 12.6 Å². The van der Waals surface area contributed by atoms with Crippen LogP contribution in [0.5, 0.6) is 0 Å². The Morgan fingerprint density at radius 1 is 1.29 bits per heavy atom. The fourth-order valence-corrected chi connectivity index (χ4v) is 1.00. The Hall–Kier alpha value is -0.820. The second-order valence-electron chi connectivity index (χ2n) is 4.01. The van der Waals surface area contributed by atoms with Gasteiger partial charge >= 0.3 is 0 Å². The van der Waals surface area contributed by atoms with Crippen molar-refractivity contribution in [3.8, 4) is 0 Å². The third-order valence-corrected chi connectivity index (χ3v) is 2.13. The van der Waals surface area contributed by atoms with Gasteiger partial charge in [0, 0.05) is 12.6 Å². The minimum Gasteiger partial charge on any atom is -0.307 e. The van der Waals surface area contributed by atoms with Gasteiger partial charge in [-0.1, -0.05) is 45.2 Å². The van der Waals surface area contributed by atoms with Crippen LogP contribution in [0.4, 0.5) is 0 Å². The molecule has 0 aromatic rings. The van der Waals surface area contributed by atoms with Gasteiger partial charge in [0.15, 0.2) is 0 Å². The van der Waals surface area contributed by atoms with E-state index in [1.54, 1.807) is 6.08 Å². The van der Waals surface area contributed by atoms with E-state index in [4.69, 9.17) is 0 Å². The van der Waals surface area contributed by atoms with Crippen molar-refractivity contribution in [2.75, 3.05) is 6.54 Å². The molecule has 0 heterocycles. The Labute approximate surface area is 88.6 Å². The van der Waals surface area contributed by atoms with Crippen LogP contribution in [0, 0.1) is 5.92 Å². The summed E-state index contributed by atoms with van der Waals surface area (Å²) in [7, 11) is 0. The summed E-state index contributed by atoms with van der Waals surface area (Å²) < 4.78 is 0. The molecule has 0 saturated carbocycles. The van der Waals surface area contributed by atoms with E-state index in [9.17, 15) is 0 Å². The Morgan fingerprint density at radius 3 is 2.43 bits per heavy atom. The van der Waals surface area contributed by atoms with Crippen molar-refractivity contribution >= 4 is 0 Å². The van der Waals surface area contributed by atoms with Crippen molar-refractivity contribution in [1.29, 1.82) is 0 Å². The highest BCUT2D eigenvalue weighted by Gasteiger charge is 1.99. The molecule has 1 atom stereocenters. The molecule has 0 bridgehead atoms. The van der Waals surface area contributed by atoms with Gasteiger partial charge in [-0.05, 0) is 24.8 Å². The van der Waals surface area contributed by atoms with Crippen molar-refractivity contribution in [2.24, 2.45) is 5.92 Å². The lowest BCUT2D eigenvalue weighted by atomic mass is 10.1. The molecule has 0 aliphatic rings. The fourth-order valence-electron chi connectivity index (χ4n) is 1.00. The van der Waals surface area contributed by atoms with Crippen LogP contribution in [0.3, 0.4) is 0 Å². The van der Waals surface area contributed by atoms with E-state index in [0.29, 0.717) is 6.04 Å². The first kappa shape index (κ1) is 13.2. The lowest BCUT2D eigenvalue weighted by molar-refractivity contribution is 0.650. The molecular weight excluding hydrogens is 170 g/mol. The van der Waals surface area contributed by atoms with E-state index in [0.717, 1.165) is 24.5 Å². The van der Waals surface area contributed by atoms with Gasteiger partial charge in [-0.2, -0.15) is 0 Å². The molecule has 0 aromatic carbocycles. The summed E-state index contributed by atoms with van der Waals surface area (Å²) in [6.45, 7) is 15.0.